The third-order valence-electron chi connectivity index (χ3n) is 3.00. The number of nitrogen functional groups attached to an aromatic ring is 1. The number of amides is 1. The van der Waals surface area contributed by atoms with Crippen molar-refractivity contribution in [2.75, 3.05) is 5.73 Å². The summed E-state index contributed by atoms with van der Waals surface area (Å²) in [6, 6.07) is 9.71. The molecule has 20 heavy (non-hydrogen) atoms. The molecular weight excluding hydrogens is 262 g/mol. The molecule has 0 spiro atoms. The van der Waals surface area contributed by atoms with E-state index in [2.05, 4.69) is 5.32 Å². The monoisotopic (exact) mass is 276 g/mol. The second-order valence-electron chi connectivity index (χ2n) is 4.46. The van der Waals surface area contributed by atoms with Crippen LogP contribution in [0.3, 0.4) is 0 Å². The molecule has 3 nitrogen and oxygen atoms in total. The standard InChI is InChI=1S/C15H14F2N2O/c1-9(10-6-7-12(16)13(17)8-10)19-15(20)11-4-2-3-5-14(11)18/h2-9H,18H2,1H3,(H,19,20). The van der Waals surface area contributed by atoms with E-state index in [1.54, 1.807) is 31.2 Å². The third-order valence-corrected chi connectivity index (χ3v) is 3.00. The quantitative estimate of drug-likeness (QED) is 0.847. The van der Waals surface area contributed by atoms with Gasteiger partial charge < -0.3 is 11.1 Å². The zero-order valence-corrected chi connectivity index (χ0v) is 10.9. The van der Waals surface area contributed by atoms with Crippen LogP contribution in [-0.2, 0) is 0 Å². The summed E-state index contributed by atoms with van der Waals surface area (Å²) in [5, 5.41) is 2.69. The van der Waals surface area contributed by atoms with Crippen LogP contribution in [0.25, 0.3) is 0 Å². The minimum atomic E-state index is -0.942. The van der Waals surface area contributed by atoms with Gasteiger partial charge in [0.2, 0.25) is 0 Å². The summed E-state index contributed by atoms with van der Waals surface area (Å²) in [7, 11) is 0. The van der Waals surface area contributed by atoms with Gasteiger partial charge in [0.1, 0.15) is 0 Å². The largest absolute Gasteiger partial charge is 0.398 e. The zero-order chi connectivity index (χ0) is 14.7. The van der Waals surface area contributed by atoms with Crippen LogP contribution in [0.1, 0.15) is 28.9 Å². The van der Waals surface area contributed by atoms with E-state index in [4.69, 9.17) is 5.73 Å². The Morgan fingerprint density at radius 3 is 2.50 bits per heavy atom. The number of nitrogens with two attached hydrogens (primary N) is 1. The fraction of sp³-hybridized carbons (Fsp3) is 0.133. The van der Waals surface area contributed by atoms with Crippen molar-refractivity contribution in [1.29, 1.82) is 0 Å². The van der Waals surface area contributed by atoms with Gasteiger partial charge in [0.05, 0.1) is 11.6 Å². The lowest BCUT2D eigenvalue weighted by Crippen LogP contribution is -2.27. The van der Waals surface area contributed by atoms with Crippen LogP contribution in [0.5, 0.6) is 0 Å². The van der Waals surface area contributed by atoms with E-state index < -0.39 is 17.7 Å². The number of para-hydroxylation sites is 1. The molecule has 0 saturated heterocycles. The normalized spacial score (nSPS) is 11.9. The molecule has 0 aromatic heterocycles. The van der Waals surface area contributed by atoms with Gasteiger partial charge in [-0.15, -0.1) is 0 Å². The first-order valence-electron chi connectivity index (χ1n) is 6.09. The maximum atomic E-state index is 13.2. The SMILES string of the molecule is CC(NC(=O)c1ccccc1N)c1ccc(F)c(F)c1. The van der Waals surface area contributed by atoms with Crippen LogP contribution < -0.4 is 11.1 Å². The van der Waals surface area contributed by atoms with Gasteiger partial charge in [-0.2, -0.15) is 0 Å². The number of anilines is 1. The second-order valence-corrected chi connectivity index (χ2v) is 4.46. The van der Waals surface area contributed by atoms with Crippen molar-refractivity contribution in [2.45, 2.75) is 13.0 Å². The molecule has 3 N–H and O–H groups in total. The average molecular weight is 276 g/mol. The van der Waals surface area contributed by atoms with Crippen molar-refractivity contribution in [2.24, 2.45) is 0 Å². The van der Waals surface area contributed by atoms with Crippen LogP contribution in [0.2, 0.25) is 0 Å². The molecule has 0 bridgehead atoms. The molecule has 1 atom stereocenters. The molecule has 2 aromatic carbocycles. The first kappa shape index (κ1) is 14.0. The fourth-order valence-corrected chi connectivity index (χ4v) is 1.84. The van der Waals surface area contributed by atoms with E-state index >= 15 is 0 Å². The van der Waals surface area contributed by atoms with Gasteiger partial charge in [-0.05, 0) is 36.8 Å². The Hall–Kier alpha value is -2.43. The van der Waals surface area contributed by atoms with E-state index in [9.17, 15) is 13.6 Å². The van der Waals surface area contributed by atoms with Crippen molar-refractivity contribution in [1.82, 2.24) is 5.32 Å². The number of carbonyl (C=O) groups excluding carboxylic acids is 1. The van der Waals surface area contributed by atoms with Crippen molar-refractivity contribution in [3.05, 3.63) is 65.2 Å². The van der Waals surface area contributed by atoms with Gasteiger partial charge in [-0.3, -0.25) is 4.79 Å². The molecule has 1 amide bonds. The molecule has 2 aromatic rings. The molecule has 5 heteroatoms. The Kier molecular flexibility index (Phi) is 3.98. The van der Waals surface area contributed by atoms with E-state index in [0.717, 1.165) is 12.1 Å². The van der Waals surface area contributed by atoms with Crippen LogP contribution in [0.15, 0.2) is 42.5 Å². The molecular formula is C15H14F2N2O. The first-order valence-corrected chi connectivity index (χ1v) is 6.09. The average Bonchev–Trinajstić information content (AvgIpc) is 2.42. The predicted octanol–water partition coefficient (Wildman–Crippen LogP) is 3.04. The van der Waals surface area contributed by atoms with Crippen LogP contribution in [0, 0.1) is 11.6 Å². The fourth-order valence-electron chi connectivity index (χ4n) is 1.84. The third kappa shape index (κ3) is 2.93. The molecule has 0 radical (unpaired) electrons. The van der Waals surface area contributed by atoms with Gasteiger partial charge in [-0.1, -0.05) is 18.2 Å². The molecule has 1 unspecified atom stereocenters. The van der Waals surface area contributed by atoms with Crippen molar-refractivity contribution in [3.63, 3.8) is 0 Å². The summed E-state index contributed by atoms with van der Waals surface area (Å²) in [5.74, 6) is -2.22. The van der Waals surface area contributed by atoms with Crippen LogP contribution in [-0.4, -0.2) is 5.91 Å². The molecule has 0 saturated carbocycles. The number of hydrogen-bond acceptors (Lipinski definition) is 2. The Morgan fingerprint density at radius 1 is 1.15 bits per heavy atom. The van der Waals surface area contributed by atoms with Crippen molar-refractivity contribution in [3.8, 4) is 0 Å². The Morgan fingerprint density at radius 2 is 1.85 bits per heavy atom. The lowest BCUT2D eigenvalue weighted by atomic mass is 10.1. The molecule has 0 heterocycles. The molecule has 0 aliphatic heterocycles. The van der Waals surface area contributed by atoms with Gasteiger partial charge in [0.15, 0.2) is 11.6 Å². The van der Waals surface area contributed by atoms with Crippen molar-refractivity contribution < 1.29 is 13.6 Å². The highest BCUT2D eigenvalue weighted by atomic mass is 19.2. The second kappa shape index (κ2) is 5.69. The topological polar surface area (TPSA) is 55.1 Å². The highest BCUT2D eigenvalue weighted by Crippen LogP contribution is 2.17. The number of hydrogen-bond donors (Lipinski definition) is 2. The van der Waals surface area contributed by atoms with Crippen molar-refractivity contribution >= 4 is 11.6 Å². The maximum Gasteiger partial charge on any atom is 0.253 e. The van der Waals surface area contributed by atoms with E-state index in [1.165, 1.54) is 6.07 Å². The smallest absolute Gasteiger partial charge is 0.253 e. The maximum absolute atomic E-state index is 13.2. The zero-order valence-electron chi connectivity index (χ0n) is 10.9. The molecule has 0 aliphatic rings. The number of rotatable bonds is 3. The van der Waals surface area contributed by atoms with Crippen LogP contribution in [0.4, 0.5) is 14.5 Å². The Balaban J connectivity index is 2.15. The number of carbonyl (C=O) groups is 1. The minimum Gasteiger partial charge on any atom is -0.398 e. The number of nitrogens with one attached hydrogen (secondary N) is 1. The minimum absolute atomic E-state index is 0.349. The molecule has 2 rings (SSSR count). The van der Waals surface area contributed by atoms with Gasteiger partial charge in [-0.25, -0.2) is 8.78 Å². The number of benzene rings is 2. The predicted molar refractivity (Wildman–Crippen MR) is 73.1 cm³/mol. The Labute approximate surface area is 115 Å². The summed E-state index contributed by atoms with van der Waals surface area (Å²) in [5.41, 5.74) is 6.90. The highest BCUT2D eigenvalue weighted by molar-refractivity contribution is 5.99. The van der Waals surface area contributed by atoms with E-state index in [0.29, 0.717) is 16.8 Å². The van der Waals surface area contributed by atoms with E-state index in [1.807, 2.05) is 0 Å². The lowest BCUT2D eigenvalue weighted by Gasteiger charge is -2.15. The summed E-state index contributed by atoms with van der Waals surface area (Å²) in [6.07, 6.45) is 0. The summed E-state index contributed by atoms with van der Waals surface area (Å²) in [6.45, 7) is 1.68. The van der Waals surface area contributed by atoms with E-state index in [-0.39, 0.29) is 5.91 Å². The van der Waals surface area contributed by atoms with Gasteiger partial charge >= 0.3 is 0 Å². The summed E-state index contributed by atoms with van der Waals surface area (Å²) < 4.78 is 26.0. The number of halogens is 2. The van der Waals surface area contributed by atoms with Gasteiger partial charge in [0.25, 0.3) is 5.91 Å². The highest BCUT2D eigenvalue weighted by Gasteiger charge is 2.14. The molecule has 104 valence electrons. The molecule has 0 aliphatic carbocycles. The summed E-state index contributed by atoms with van der Waals surface area (Å²) >= 11 is 0. The Bertz CT molecular complexity index is 644. The van der Waals surface area contributed by atoms with Crippen LogP contribution >= 0.6 is 0 Å². The lowest BCUT2D eigenvalue weighted by molar-refractivity contribution is 0.0940. The first-order chi connectivity index (χ1) is 9.49. The molecule has 0 fully saturated rings. The summed E-state index contributed by atoms with van der Waals surface area (Å²) in [4.78, 5) is 12.0. The van der Waals surface area contributed by atoms with Gasteiger partial charge in [0, 0.05) is 5.69 Å².